The van der Waals surface area contributed by atoms with Crippen LogP contribution in [0, 0.1) is 10.6 Å². The van der Waals surface area contributed by atoms with Crippen molar-refractivity contribution in [3.63, 3.8) is 0 Å². The van der Waals surface area contributed by atoms with Crippen molar-refractivity contribution in [3.8, 4) is 0 Å². The summed E-state index contributed by atoms with van der Waals surface area (Å²) >= 11 is 5.34. The number of nitrogens with zero attached hydrogens (tertiary/aromatic N) is 2. The Kier molecular flexibility index (Phi) is 2.91. The van der Waals surface area contributed by atoms with Crippen LogP contribution in [0.1, 0.15) is 18.5 Å². The highest BCUT2D eigenvalue weighted by Gasteiger charge is 2.13. The minimum absolute atomic E-state index is 0.0195. The van der Waals surface area contributed by atoms with E-state index in [1.54, 1.807) is 18.5 Å². The van der Waals surface area contributed by atoms with Gasteiger partial charge in [-0.2, -0.15) is 0 Å². The molecule has 0 radical (unpaired) electrons. The number of hydrogen-bond donors (Lipinski definition) is 1. The molecule has 0 saturated heterocycles. The largest absolute Gasteiger partial charge is 0.331 e. The summed E-state index contributed by atoms with van der Waals surface area (Å²) in [5.41, 5.74) is 2.69. The fourth-order valence-electron chi connectivity index (χ4n) is 2.27. The maximum atomic E-state index is 13.4. The normalized spacial score (nSPS) is 12.7. The Hall–Kier alpha value is -2.01. The van der Waals surface area contributed by atoms with Crippen LogP contribution in [0.3, 0.4) is 0 Å². The average Bonchev–Trinajstić information content (AvgIpc) is 2.74. The zero-order chi connectivity index (χ0) is 13.4. The first kappa shape index (κ1) is 12.0. The molecule has 0 fully saturated rings. The first-order valence-corrected chi connectivity index (χ1v) is 6.37. The average molecular weight is 273 g/mol. The van der Waals surface area contributed by atoms with E-state index in [-0.39, 0.29) is 11.9 Å². The molecule has 19 heavy (non-hydrogen) atoms. The number of hydrogen-bond acceptors (Lipinski definition) is 2. The first-order valence-electron chi connectivity index (χ1n) is 5.96. The van der Waals surface area contributed by atoms with Gasteiger partial charge < -0.3 is 9.55 Å². The van der Waals surface area contributed by atoms with Crippen molar-refractivity contribution in [3.05, 3.63) is 58.9 Å². The maximum absolute atomic E-state index is 13.4. The molecule has 1 atom stereocenters. The lowest BCUT2D eigenvalue weighted by atomic mass is 10.1. The molecule has 0 aliphatic carbocycles. The minimum Gasteiger partial charge on any atom is -0.331 e. The Morgan fingerprint density at radius 3 is 2.74 bits per heavy atom. The highest BCUT2D eigenvalue weighted by molar-refractivity contribution is 7.71. The second kappa shape index (κ2) is 4.59. The van der Waals surface area contributed by atoms with Crippen molar-refractivity contribution in [2.24, 2.45) is 0 Å². The van der Waals surface area contributed by atoms with E-state index in [0.29, 0.717) is 4.77 Å². The van der Waals surface area contributed by atoms with Crippen LogP contribution in [0.5, 0.6) is 0 Å². The molecule has 3 rings (SSSR count). The fourth-order valence-corrected chi connectivity index (χ4v) is 2.64. The Morgan fingerprint density at radius 2 is 2.00 bits per heavy atom. The molecule has 0 amide bonds. The third kappa shape index (κ3) is 2.06. The van der Waals surface area contributed by atoms with Crippen molar-refractivity contribution in [1.29, 1.82) is 0 Å². The van der Waals surface area contributed by atoms with Gasteiger partial charge >= 0.3 is 0 Å². The van der Waals surface area contributed by atoms with Crippen LogP contribution in [0.2, 0.25) is 0 Å². The summed E-state index contributed by atoms with van der Waals surface area (Å²) in [6.45, 7) is 2.03. The van der Waals surface area contributed by atoms with Crippen LogP contribution in [-0.4, -0.2) is 14.5 Å². The van der Waals surface area contributed by atoms with Crippen LogP contribution >= 0.6 is 12.2 Å². The Balaban J connectivity index is 2.22. The topological polar surface area (TPSA) is 33.6 Å². The van der Waals surface area contributed by atoms with E-state index >= 15 is 0 Å². The number of aromatic amines is 1. The van der Waals surface area contributed by atoms with Gasteiger partial charge in [-0.05, 0) is 55.0 Å². The molecule has 1 aromatic carbocycles. The molecule has 3 aromatic rings. The molecular weight excluding hydrogens is 261 g/mol. The molecule has 0 saturated carbocycles. The van der Waals surface area contributed by atoms with Gasteiger partial charge in [0.25, 0.3) is 0 Å². The Bertz CT molecular complexity index is 776. The molecule has 2 heterocycles. The lowest BCUT2D eigenvalue weighted by molar-refractivity contribution is 0.622. The molecule has 1 N–H and O–H groups in total. The highest BCUT2D eigenvalue weighted by Crippen LogP contribution is 2.24. The van der Waals surface area contributed by atoms with Crippen LogP contribution in [0.15, 0.2) is 42.7 Å². The van der Waals surface area contributed by atoms with Crippen molar-refractivity contribution in [2.75, 3.05) is 0 Å². The van der Waals surface area contributed by atoms with E-state index in [9.17, 15) is 4.39 Å². The molecule has 3 nitrogen and oxygen atoms in total. The van der Waals surface area contributed by atoms with Gasteiger partial charge in [0.1, 0.15) is 5.82 Å². The van der Waals surface area contributed by atoms with E-state index in [2.05, 4.69) is 9.97 Å². The molecule has 0 bridgehead atoms. The number of nitrogens with one attached hydrogen (secondary N) is 1. The van der Waals surface area contributed by atoms with Gasteiger partial charge in [0.05, 0.1) is 17.1 Å². The SMILES string of the molecule is CC(c1ccncc1)n1c(=S)[nH]c2ccc(F)cc21. The second-order valence-electron chi connectivity index (χ2n) is 4.42. The minimum atomic E-state index is -0.267. The van der Waals surface area contributed by atoms with Gasteiger partial charge in [0, 0.05) is 12.4 Å². The van der Waals surface area contributed by atoms with Gasteiger partial charge in [-0.25, -0.2) is 4.39 Å². The highest BCUT2D eigenvalue weighted by atomic mass is 32.1. The van der Waals surface area contributed by atoms with Gasteiger partial charge in [-0.3, -0.25) is 4.98 Å². The zero-order valence-corrected chi connectivity index (χ0v) is 11.1. The number of rotatable bonds is 2. The monoisotopic (exact) mass is 273 g/mol. The molecule has 0 aliphatic rings. The van der Waals surface area contributed by atoms with Crippen molar-refractivity contribution in [1.82, 2.24) is 14.5 Å². The zero-order valence-electron chi connectivity index (χ0n) is 10.3. The van der Waals surface area contributed by atoms with E-state index in [1.165, 1.54) is 12.1 Å². The summed E-state index contributed by atoms with van der Waals surface area (Å²) in [6, 6.07) is 8.52. The third-order valence-electron chi connectivity index (χ3n) is 3.26. The summed E-state index contributed by atoms with van der Waals surface area (Å²) in [4.78, 5) is 7.11. The molecule has 1 unspecified atom stereocenters. The molecule has 2 aromatic heterocycles. The van der Waals surface area contributed by atoms with Gasteiger partial charge in [-0.1, -0.05) is 0 Å². The van der Waals surface area contributed by atoms with E-state index in [4.69, 9.17) is 12.2 Å². The van der Waals surface area contributed by atoms with Gasteiger partial charge in [0.2, 0.25) is 0 Å². The predicted molar refractivity (Wildman–Crippen MR) is 75.1 cm³/mol. The number of halogens is 1. The lowest BCUT2D eigenvalue weighted by Crippen LogP contribution is -2.06. The van der Waals surface area contributed by atoms with Crippen LogP contribution < -0.4 is 0 Å². The second-order valence-corrected chi connectivity index (χ2v) is 4.80. The summed E-state index contributed by atoms with van der Waals surface area (Å²) in [5, 5.41) is 0. The van der Waals surface area contributed by atoms with Crippen molar-refractivity contribution < 1.29 is 4.39 Å². The number of benzene rings is 1. The summed E-state index contributed by atoms with van der Waals surface area (Å²) in [7, 11) is 0. The van der Waals surface area contributed by atoms with E-state index < -0.39 is 0 Å². The Labute approximate surface area is 114 Å². The third-order valence-corrected chi connectivity index (χ3v) is 3.55. The quantitative estimate of drug-likeness (QED) is 0.720. The maximum Gasteiger partial charge on any atom is 0.178 e. The van der Waals surface area contributed by atoms with E-state index in [1.807, 2.05) is 23.6 Å². The number of imidazole rings is 1. The standard InChI is InChI=1S/C14H12FN3S/c1-9(10-4-6-16-7-5-10)18-13-8-11(15)2-3-12(13)17-14(18)19/h2-9H,1H3,(H,17,19). The lowest BCUT2D eigenvalue weighted by Gasteiger charge is -2.14. The van der Waals surface area contributed by atoms with Crippen molar-refractivity contribution >= 4 is 23.3 Å². The number of H-pyrrole nitrogens is 1. The predicted octanol–water partition coefficient (Wildman–Crippen LogP) is 3.84. The van der Waals surface area contributed by atoms with Crippen molar-refractivity contribution in [2.45, 2.75) is 13.0 Å². The van der Waals surface area contributed by atoms with Gasteiger partial charge in [0.15, 0.2) is 4.77 Å². The number of aromatic nitrogens is 3. The van der Waals surface area contributed by atoms with E-state index in [0.717, 1.165) is 16.6 Å². The first-order chi connectivity index (χ1) is 9.16. The number of pyridine rings is 1. The van der Waals surface area contributed by atoms with Crippen LogP contribution in [-0.2, 0) is 0 Å². The van der Waals surface area contributed by atoms with Crippen LogP contribution in [0.4, 0.5) is 4.39 Å². The summed E-state index contributed by atoms with van der Waals surface area (Å²) in [6.07, 6.45) is 3.48. The number of fused-ring (bicyclic) bond motifs is 1. The molecule has 5 heteroatoms. The van der Waals surface area contributed by atoms with Crippen LogP contribution in [0.25, 0.3) is 11.0 Å². The summed E-state index contributed by atoms with van der Waals surface area (Å²) < 4.78 is 15.9. The fraction of sp³-hybridized carbons (Fsp3) is 0.143. The molecule has 96 valence electrons. The molecule has 0 aliphatic heterocycles. The molecule has 0 spiro atoms. The van der Waals surface area contributed by atoms with Gasteiger partial charge in [-0.15, -0.1) is 0 Å². The Morgan fingerprint density at radius 1 is 1.26 bits per heavy atom. The summed E-state index contributed by atoms with van der Waals surface area (Å²) in [5.74, 6) is -0.267. The smallest absolute Gasteiger partial charge is 0.178 e. The molecular formula is C14H12FN3S.